The average molecular weight is 361 g/mol. The standard InChI is InChI=1S/C22H27N5/c1-22(16-23)9-11-26(17-22)14-20-15-27(13-18-6-3-2-4-7-18)25-21(20)19-8-5-10-24-12-19/h2-8,10,12,15H,9,11,13-14,16-17,23H2,1H3. The quantitative estimate of drug-likeness (QED) is 0.733. The Bertz CT molecular complexity index is 874. The molecule has 1 unspecified atom stereocenters. The predicted molar refractivity (Wildman–Crippen MR) is 108 cm³/mol. The summed E-state index contributed by atoms with van der Waals surface area (Å²) >= 11 is 0. The lowest BCUT2D eigenvalue weighted by Crippen LogP contribution is -2.31. The van der Waals surface area contributed by atoms with Crippen molar-refractivity contribution in [1.82, 2.24) is 19.7 Å². The third-order valence-electron chi connectivity index (χ3n) is 5.48. The van der Waals surface area contributed by atoms with E-state index in [1.165, 1.54) is 11.1 Å². The maximum absolute atomic E-state index is 5.98. The van der Waals surface area contributed by atoms with Crippen molar-refractivity contribution in [2.75, 3.05) is 19.6 Å². The summed E-state index contributed by atoms with van der Waals surface area (Å²) in [7, 11) is 0. The molecule has 0 aliphatic carbocycles. The van der Waals surface area contributed by atoms with Crippen LogP contribution in [0.3, 0.4) is 0 Å². The SMILES string of the molecule is CC1(CN)CCN(Cc2cn(Cc3ccccc3)nc2-c2cccnc2)C1. The maximum atomic E-state index is 5.98. The van der Waals surface area contributed by atoms with Crippen LogP contribution in [0.4, 0.5) is 0 Å². The van der Waals surface area contributed by atoms with Crippen LogP contribution in [-0.2, 0) is 13.1 Å². The molecule has 2 aromatic heterocycles. The van der Waals surface area contributed by atoms with Crippen molar-refractivity contribution in [3.63, 3.8) is 0 Å². The van der Waals surface area contributed by atoms with Crippen LogP contribution < -0.4 is 5.73 Å². The zero-order valence-electron chi connectivity index (χ0n) is 15.9. The first-order chi connectivity index (χ1) is 13.1. The van der Waals surface area contributed by atoms with Crippen molar-refractivity contribution in [2.45, 2.75) is 26.4 Å². The molecular formula is C22H27N5. The Labute approximate surface area is 160 Å². The fourth-order valence-electron chi connectivity index (χ4n) is 3.84. The van der Waals surface area contributed by atoms with Crippen LogP contribution >= 0.6 is 0 Å². The molecule has 140 valence electrons. The molecule has 0 amide bonds. The van der Waals surface area contributed by atoms with E-state index in [-0.39, 0.29) is 5.41 Å². The topological polar surface area (TPSA) is 60.0 Å². The van der Waals surface area contributed by atoms with Gasteiger partial charge in [0.1, 0.15) is 0 Å². The van der Waals surface area contributed by atoms with Gasteiger partial charge in [0.05, 0.1) is 12.2 Å². The Morgan fingerprint density at radius 1 is 1.11 bits per heavy atom. The van der Waals surface area contributed by atoms with Crippen LogP contribution in [0.5, 0.6) is 0 Å². The lowest BCUT2D eigenvalue weighted by molar-refractivity contribution is 0.274. The highest BCUT2D eigenvalue weighted by atomic mass is 15.3. The van der Waals surface area contributed by atoms with Gasteiger partial charge >= 0.3 is 0 Å². The Hall–Kier alpha value is -2.50. The van der Waals surface area contributed by atoms with Gasteiger partial charge in [-0.15, -0.1) is 0 Å². The molecule has 0 bridgehead atoms. The fraction of sp³-hybridized carbons (Fsp3) is 0.364. The second-order valence-corrected chi connectivity index (χ2v) is 7.90. The van der Waals surface area contributed by atoms with Gasteiger partial charge in [-0.1, -0.05) is 37.3 Å². The maximum Gasteiger partial charge on any atom is 0.0983 e. The lowest BCUT2D eigenvalue weighted by Gasteiger charge is -2.22. The van der Waals surface area contributed by atoms with Crippen molar-refractivity contribution in [3.05, 3.63) is 72.2 Å². The van der Waals surface area contributed by atoms with Crippen molar-refractivity contribution in [3.8, 4) is 11.3 Å². The summed E-state index contributed by atoms with van der Waals surface area (Å²) in [6.45, 7) is 6.83. The first-order valence-corrected chi connectivity index (χ1v) is 9.58. The van der Waals surface area contributed by atoms with E-state index >= 15 is 0 Å². The zero-order chi connectivity index (χ0) is 18.7. The molecule has 1 atom stereocenters. The number of aromatic nitrogens is 3. The largest absolute Gasteiger partial charge is 0.330 e. The van der Waals surface area contributed by atoms with Gasteiger partial charge in [-0.25, -0.2) is 0 Å². The van der Waals surface area contributed by atoms with Crippen LogP contribution in [0.1, 0.15) is 24.5 Å². The molecule has 27 heavy (non-hydrogen) atoms. The third kappa shape index (κ3) is 4.10. The third-order valence-corrected chi connectivity index (χ3v) is 5.48. The number of nitrogens with zero attached hydrogens (tertiary/aromatic N) is 4. The number of likely N-dealkylation sites (tertiary alicyclic amines) is 1. The normalized spacial score (nSPS) is 20.2. The number of hydrogen-bond acceptors (Lipinski definition) is 4. The van der Waals surface area contributed by atoms with E-state index in [4.69, 9.17) is 10.8 Å². The minimum Gasteiger partial charge on any atom is -0.330 e. The Kier molecular flexibility index (Phi) is 5.05. The molecule has 0 spiro atoms. The first kappa shape index (κ1) is 17.9. The van der Waals surface area contributed by atoms with Crippen LogP contribution in [0.15, 0.2) is 61.1 Å². The van der Waals surface area contributed by atoms with Crippen LogP contribution in [0.25, 0.3) is 11.3 Å². The van der Waals surface area contributed by atoms with Gasteiger partial charge in [0.2, 0.25) is 0 Å². The molecule has 2 N–H and O–H groups in total. The molecule has 4 rings (SSSR count). The molecule has 5 nitrogen and oxygen atoms in total. The van der Waals surface area contributed by atoms with E-state index in [9.17, 15) is 0 Å². The predicted octanol–water partition coefficient (Wildman–Crippen LogP) is 3.16. The van der Waals surface area contributed by atoms with Crippen molar-refractivity contribution in [2.24, 2.45) is 11.1 Å². The summed E-state index contributed by atoms with van der Waals surface area (Å²) in [5.41, 5.74) is 10.8. The summed E-state index contributed by atoms with van der Waals surface area (Å²) in [5, 5.41) is 4.90. The number of hydrogen-bond donors (Lipinski definition) is 1. The highest BCUT2D eigenvalue weighted by Gasteiger charge is 2.32. The van der Waals surface area contributed by atoms with Gasteiger partial charge in [0.15, 0.2) is 0 Å². The molecule has 1 aliphatic heterocycles. The van der Waals surface area contributed by atoms with Gasteiger partial charge in [-0.05, 0) is 42.6 Å². The van der Waals surface area contributed by atoms with Gasteiger partial charge in [0, 0.05) is 42.8 Å². The highest BCUT2D eigenvalue weighted by molar-refractivity contribution is 5.61. The Morgan fingerprint density at radius 2 is 1.96 bits per heavy atom. The van der Waals surface area contributed by atoms with Crippen LogP contribution in [0.2, 0.25) is 0 Å². The number of pyridine rings is 1. The molecule has 1 aromatic carbocycles. The average Bonchev–Trinajstić information content (AvgIpc) is 3.27. The number of benzene rings is 1. The second kappa shape index (κ2) is 7.62. The number of rotatable bonds is 6. The first-order valence-electron chi connectivity index (χ1n) is 9.58. The monoisotopic (exact) mass is 361 g/mol. The van der Waals surface area contributed by atoms with E-state index in [0.29, 0.717) is 0 Å². The smallest absolute Gasteiger partial charge is 0.0983 e. The van der Waals surface area contributed by atoms with E-state index in [1.54, 1.807) is 6.20 Å². The van der Waals surface area contributed by atoms with E-state index in [1.807, 2.05) is 23.0 Å². The molecule has 0 saturated carbocycles. The van der Waals surface area contributed by atoms with Gasteiger partial charge < -0.3 is 5.73 Å². The second-order valence-electron chi connectivity index (χ2n) is 7.90. The van der Waals surface area contributed by atoms with Gasteiger partial charge in [0.25, 0.3) is 0 Å². The molecule has 1 saturated heterocycles. The van der Waals surface area contributed by atoms with E-state index in [0.717, 1.165) is 50.4 Å². The zero-order valence-corrected chi connectivity index (χ0v) is 15.9. The summed E-state index contributed by atoms with van der Waals surface area (Å²) in [5.74, 6) is 0. The fourth-order valence-corrected chi connectivity index (χ4v) is 3.84. The van der Waals surface area contributed by atoms with Crippen molar-refractivity contribution >= 4 is 0 Å². The van der Waals surface area contributed by atoms with Crippen LogP contribution in [0, 0.1) is 5.41 Å². The summed E-state index contributed by atoms with van der Waals surface area (Å²) in [6, 6.07) is 14.5. The minimum atomic E-state index is 0.231. The molecular weight excluding hydrogens is 334 g/mol. The lowest BCUT2D eigenvalue weighted by atomic mass is 9.90. The molecule has 0 radical (unpaired) electrons. The molecule has 1 aliphatic rings. The Balaban J connectivity index is 1.61. The molecule has 3 heterocycles. The van der Waals surface area contributed by atoms with Crippen LogP contribution in [-0.4, -0.2) is 39.3 Å². The summed E-state index contributed by atoms with van der Waals surface area (Å²) in [4.78, 5) is 6.78. The van der Waals surface area contributed by atoms with Gasteiger partial charge in [-0.3, -0.25) is 14.6 Å². The van der Waals surface area contributed by atoms with Gasteiger partial charge in [-0.2, -0.15) is 5.10 Å². The molecule has 5 heteroatoms. The Morgan fingerprint density at radius 3 is 2.67 bits per heavy atom. The van der Waals surface area contributed by atoms with Crippen molar-refractivity contribution < 1.29 is 0 Å². The minimum absolute atomic E-state index is 0.231. The highest BCUT2D eigenvalue weighted by Crippen LogP contribution is 2.31. The van der Waals surface area contributed by atoms with E-state index in [2.05, 4.69) is 53.3 Å². The molecule has 1 fully saturated rings. The summed E-state index contributed by atoms with van der Waals surface area (Å²) in [6.07, 6.45) is 7.04. The number of nitrogens with two attached hydrogens (primary N) is 1. The van der Waals surface area contributed by atoms with Crippen molar-refractivity contribution in [1.29, 1.82) is 0 Å². The van der Waals surface area contributed by atoms with E-state index < -0.39 is 0 Å². The summed E-state index contributed by atoms with van der Waals surface area (Å²) < 4.78 is 2.05. The molecule has 3 aromatic rings.